The Bertz CT molecular complexity index is 1150. The number of hydrogen-bond donors (Lipinski definition) is 1. The van der Waals surface area contributed by atoms with Gasteiger partial charge in [-0.05, 0) is 67.1 Å². The molecule has 0 radical (unpaired) electrons. The third-order valence-electron chi connectivity index (χ3n) is 5.73. The first-order valence-electron chi connectivity index (χ1n) is 10.7. The molecule has 1 fully saturated rings. The SMILES string of the molecule is COc1cccc(C(CCO)CC(=O)Cn2nc(-c3ccc(Cl)cc3)n(C3CC3)c2=O)c1. The third-order valence-corrected chi connectivity index (χ3v) is 5.98. The molecule has 0 bridgehead atoms. The minimum atomic E-state index is -0.272. The Labute approximate surface area is 191 Å². The first-order chi connectivity index (χ1) is 15.5. The maximum Gasteiger partial charge on any atom is 0.346 e. The van der Waals surface area contributed by atoms with Crippen molar-refractivity contribution in [3.8, 4) is 17.1 Å². The van der Waals surface area contributed by atoms with Gasteiger partial charge in [0, 0.05) is 29.7 Å². The van der Waals surface area contributed by atoms with Crippen LogP contribution in [0.5, 0.6) is 5.75 Å². The summed E-state index contributed by atoms with van der Waals surface area (Å²) in [6, 6.07) is 14.8. The molecule has 1 N–H and O–H groups in total. The molecule has 1 heterocycles. The predicted octanol–water partition coefficient (Wildman–Crippen LogP) is 3.83. The number of benzene rings is 2. The van der Waals surface area contributed by atoms with E-state index in [1.165, 1.54) is 4.68 Å². The molecule has 8 heteroatoms. The maximum absolute atomic E-state index is 13.0. The van der Waals surface area contributed by atoms with Crippen LogP contribution in [-0.2, 0) is 11.3 Å². The van der Waals surface area contributed by atoms with Crippen molar-refractivity contribution in [2.75, 3.05) is 13.7 Å². The van der Waals surface area contributed by atoms with Gasteiger partial charge in [0.05, 0.1) is 7.11 Å². The van der Waals surface area contributed by atoms with E-state index < -0.39 is 0 Å². The molecule has 0 saturated heterocycles. The highest BCUT2D eigenvalue weighted by Crippen LogP contribution is 2.36. The zero-order valence-corrected chi connectivity index (χ0v) is 18.7. The van der Waals surface area contributed by atoms with E-state index in [9.17, 15) is 14.7 Å². The van der Waals surface area contributed by atoms with Crippen molar-refractivity contribution in [1.29, 1.82) is 0 Å². The Hall–Kier alpha value is -2.90. The van der Waals surface area contributed by atoms with Crippen LogP contribution in [0, 0.1) is 0 Å². The van der Waals surface area contributed by atoms with Gasteiger partial charge in [-0.25, -0.2) is 9.48 Å². The van der Waals surface area contributed by atoms with E-state index in [4.69, 9.17) is 16.3 Å². The molecule has 3 aromatic rings. The standard InChI is InChI=1S/C24H26ClN3O4/c1-32-22-4-2-3-17(14-22)18(11-12-29)13-21(30)15-27-24(31)28(20-9-10-20)23(26-27)16-5-7-19(25)8-6-16/h2-8,14,18,20,29H,9-13,15H2,1H3. The molecule has 168 valence electrons. The molecule has 1 aliphatic rings. The summed E-state index contributed by atoms with van der Waals surface area (Å²) >= 11 is 6.00. The molecular formula is C24H26ClN3O4. The summed E-state index contributed by atoms with van der Waals surface area (Å²) in [7, 11) is 1.59. The Balaban J connectivity index is 1.56. The molecule has 1 aromatic heterocycles. The molecule has 2 aromatic carbocycles. The molecule has 7 nitrogen and oxygen atoms in total. The molecule has 0 spiro atoms. The van der Waals surface area contributed by atoms with Crippen LogP contribution in [0.25, 0.3) is 11.4 Å². The van der Waals surface area contributed by atoms with Gasteiger partial charge in [0.1, 0.15) is 12.3 Å². The van der Waals surface area contributed by atoms with Crippen LogP contribution in [0.15, 0.2) is 53.3 Å². The second-order valence-corrected chi connectivity index (χ2v) is 8.54. The number of Topliss-reactive ketones (excluding diaryl/α,β-unsaturated/α-hetero) is 1. The molecule has 1 aliphatic carbocycles. The molecule has 32 heavy (non-hydrogen) atoms. The Kier molecular flexibility index (Phi) is 6.77. The molecule has 4 rings (SSSR count). The van der Waals surface area contributed by atoms with Crippen LogP contribution in [0.2, 0.25) is 5.02 Å². The lowest BCUT2D eigenvalue weighted by Crippen LogP contribution is -2.28. The normalized spacial score (nSPS) is 14.3. The highest BCUT2D eigenvalue weighted by molar-refractivity contribution is 6.30. The number of methoxy groups -OCH3 is 1. The second kappa shape index (κ2) is 9.71. The molecule has 0 amide bonds. The van der Waals surface area contributed by atoms with Crippen LogP contribution < -0.4 is 10.4 Å². The van der Waals surface area contributed by atoms with Crippen LogP contribution in [0.3, 0.4) is 0 Å². The fraction of sp³-hybridized carbons (Fsp3) is 0.375. The van der Waals surface area contributed by atoms with Crippen LogP contribution in [-0.4, -0.2) is 39.0 Å². The van der Waals surface area contributed by atoms with Crippen molar-refractivity contribution in [2.45, 2.75) is 44.2 Å². The molecule has 0 aliphatic heterocycles. The highest BCUT2D eigenvalue weighted by Gasteiger charge is 2.31. The summed E-state index contributed by atoms with van der Waals surface area (Å²) in [6.45, 7) is -0.142. The zero-order valence-electron chi connectivity index (χ0n) is 17.9. The Morgan fingerprint density at radius 1 is 1.25 bits per heavy atom. The number of aromatic nitrogens is 3. The third kappa shape index (κ3) is 4.95. The van der Waals surface area contributed by atoms with Gasteiger partial charge in [-0.3, -0.25) is 9.36 Å². The van der Waals surface area contributed by atoms with Gasteiger partial charge in [0.25, 0.3) is 0 Å². The first-order valence-corrected chi connectivity index (χ1v) is 11.1. The highest BCUT2D eigenvalue weighted by atomic mass is 35.5. The maximum atomic E-state index is 13.0. The van der Waals surface area contributed by atoms with Gasteiger partial charge in [-0.2, -0.15) is 0 Å². The Morgan fingerprint density at radius 2 is 2.00 bits per heavy atom. The van der Waals surface area contributed by atoms with Crippen LogP contribution in [0.4, 0.5) is 0 Å². The Morgan fingerprint density at radius 3 is 2.66 bits per heavy atom. The zero-order chi connectivity index (χ0) is 22.7. The summed E-state index contributed by atoms with van der Waals surface area (Å²) in [5.41, 5.74) is 1.44. The summed E-state index contributed by atoms with van der Waals surface area (Å²) in [5, 5.41) is 14.6. The van der Waals surface area contributed by atoms with Crippen LogP contribution in [0.1, 0.15) is 43.2 Å². The number of hydrogen-bond acceptors (Lipinski definition) is 5. The lowest BCUT2D eigenvalue weighted by Gasteiger charge is -2.16. The predicted molar refractivity (Wildman–Crippen MR) is 122 cm³/mol. The average Bonchev–Trinajstić information content (AvgIpc) is 3.58. The van der Waals surface area contributed by atoms with Crippen molar-refractivity contribution in [3.63, 3.8) is 0 Å². The van der Waals surface area contributed by atoms with Crippen LogP contribution >= 0.6 is 11.6 Å². The van der Waals surface area contributed by atoms with Gasteiger partial charge in [-0.15, -0.1) is 5.10 Å². The topological polar surface area (TPSA) is 86.3 Å². The van der Waals surface area contributed by atoms with E-state index in [0.29, 0.717) is 23.0 Å². The van der Waals surface area contributed by atoms with Gasteiger partial charge in [-0.1, -0.05) is 23.7 Å². The lowest BCUT2D eigenvalue weighted by molar-refractivity contribution is -0.120. The van der Waals surface area contributed by atoms with E-state index in [0.717, 1.165) is 24.0 Å². The summed E-state index contributed by atoms with van der Waals surface area (Å²) < 4.78 is 8.22. The molecule has 1 unspecified atom stereocenters. The fourth-order valence-corrected chi connectivity index (χ4v) is 4.05. The van der Waals surface area contributed by atoms with Crippen molar-refractivity contribution < 1.29 is 14.6 Å². The van der Waals surface area contributed by atoms with E-state index in [1.54, 1.807) is 23.8 Å². The van der Waals surface area contributed by atoms with E-state index in [-0.39, 0.29) is 43.0 Å². The number of carbonyl (C=O) groups excluding carboxylic acids is 1. The largest absolute Gasteiger partial charge is 0.497 e. The van der Waals surface area contributed by atoms with E-state index in [1.807, 2.05) is 36.4 Å². The van der Waals surface area contributed by atoms with Crippen molar-refractivity contribution in [3.05, 3.63) is 69.6 Å². The number of aliphatic hydroxyl groups is 1. The molecular weight excluding hydrogens is 430 g/mol. The number of ketones is 1. The van der Waals surface area contributed by atoms with Gasteiger partial charge in [0.15, 0.2) is 11.6 Å². The van der Waals surface area contributed by atoms with Crippen molar-refractivity contribution in [1.82, 2.24) is 14.3 Å². The molecule has 1 saturated carbocycles. The summed E-state index contributed by atoms with van der Waals surface area (Å²) in [5.74, 6) is 0.975. The van der Waals surface area contributed by atoms with E-state index >= 15 is 0 Å². The number of nitrogens with zero attached hydrogens (tertiary/aromatic N) is 3. The number of aliphatic hydroxyl groups excluding tert-OH is 1. The second-order valence-electron chi connectivity index (χ2n) is 8.10. The quantitative estimate of drug-likeness (QED) is 0.502. The number of rotatable bonds is 10. The minimum Gasteiger partial charge on any atom is -0.497 e. The van der Waals surface area contributed by atoms with Gasteiger partial charge >= 0.3 is 5.69 Å². The summed E-state index contributed by atoms with van der Waals surface area (Å²) in [6.07, 6.45) is 2.50. The van der Waals surface area contributed by atoms with E-state index in [2.05, 4.69) is 5.10 Å². The summed E-state index contributed by atoms with van der Waals surface area (Å²) in [4.78, 5) is 26.0. The number of ether oxygens (including phenoxy) is 1. The number of carbonyl (C=O) groups is 1. The average molecular weight is 456 g/mol. The minimum absolute atomic E-state index is 0.0356. The lowest BCUT2D eigenvalue weighted by atomic mass is 9.91. The monoisotopic (exact) mass is 455 g/mol. The fourth-order valence-electron chi connectivity index (χ4n) is 3.93. The number of halogens is 1. The van der Waals surface area contributed by atoms with Crippen molar-refractivity contribution in [2.24, 2.45) is 0 Å². The first kappa shape index (κ1) is 22.3. The molecule has 1 atom stereocenters. The van der Waals surface area contributed by atoms with Gasteiger partial charge < -0.3 is 9.84 Å². The smallest absolute Gasteiger partial charge is 0.346 e. The van der Waals surface area contributed by atoms with Gasteiger partial charge in [0.2, 0.25) is 0 Å². The van der Waals surface area contributed by atoms with Crippen molar-refractivity contribution >= 4 is 17.4 Å².